The number of benzene rings is 2. The fourth-order valence-corrected chi connectivity index (χ4v) is 3.32. The van der Waals surface area contributed by atoms with Crippen LogP contribution in [0.2, 0.25) is 5.02 Å². The van der Waals surface area contributed by atoms with Crippen LogP contribution in [0, 0.1) is 0 Å². The summed E-state index contributed by atoms with van der Waals surface area (Å²) in [6.45, 7) is 0.0972. The average Bonchev–Trinajstić information content (AvgIpc) is 3.15. The number of carbonyl (C=O) groups excluding carboxylic acids is 1. The molecule has 1 heterocycles. The van der Waals surface area contributed by atoms with E-state index in [1.807, 2.05) is 30.3 Å². The quantitative estimate of drug-likeness (QED) is 0.591. The number of nitrogens with zero attached hydrogens (tertiary/aromatic N) is 4. The molecule has 0 aliphatic heterocycles. The molecule has 0 spiro atoms. The Morgan fingerprint density at radius 1 is 1.14 bits per heavy atom. The van der Waals surface area contributed by atoms with Gasteiger partial charge in [-0.05, 0) is 18.2 Å². The van der Waals surface area contributed by atoms with Gasteiger partial charge < -0.3 is 9.42 Å². The van der Waals surface area contributed by atoms with Crippen molar-refractivity contribution in [2.45, 2.75) is 6.54 Å². The summed E-state index contributed by atoms with van der Waals surface area (Å²) in [7, 11) is -0.436. The number of hydrogen-bond acceptors (Lipinski definition) is 6. The molecule has 152 valence electrons. The zero-order chi connectivity index (χ0) is 21.2. The van der Waals surface area contributed by atoms with Crippen LogP contribution in [0.15, 0.2) is 53.1 Å². The van der Waals surface area contributed by atoms with Gasteiger partial charge in [0.2, 0.25) is 21.7 Å². The monoisotopic (exact) mass is 434 g/mol. The van der Waals surface area contributed by atoms with Gasteiger partial charge in [0.05, 0.1) is 29.1 Å². The van der Waals surface area contributed by atoms with Gasteiger partial charge in [0, 0.05) is 19.7 Å². The van der Waals surface area contributed by atoms with Gasteiger partial charge in [-0.25, -0.2) is 8.42 Å². The number of carbonyl (C=O) groups is 1. The van der Waals surface area contributed by atoms with Gasteiger partial charge >= 0.3 is 0 Å². The van der Waals surface area contributed by atoms with Crippen LogP contribution < -0.4 is 4.31 Å². The number of aromatic nitrogens is 2. The second-order valence-corrected chi connectivity index (χ2v) is 8.85. The summed E-state index contributed by atoms with van der Waals surface area (Å²) in [5.74, 6) is 0.361. The highest BCUT2D eigenvalue weighted by molar-refractivity contribution is 7.92. The molecule has 0 unspecified atom stereocenters. The number of anilines is 1. The normalized spacial score (nSPS) is 11.3. The Kier molecular flexibility index (Phi) is 5.90. The second-order valence-electron chi connectivity index (χ2n) is 6.43. The Hall–Kier alpha value is -2.91. The van der Waals surface area contributed by atoms with E-state index in [1.54, 1.807) is 7.05 Å². The molecule has 0 radical (unpaired) electrons. The van der Waals surface area contributed by atoms with E-state index < -0.39 is 10.0 Å². The Morgan fingerprint density at radius 2 is 1.83 bits per heavy atom. The molecule has 10 heteroatoms. The summed E-state index contributed by atoms with van der Waals surface area (Å²) in [6.07, 6.45) is 1.09. The lowest BCUT2D eigenvalue weighted by Gasteiger charge is -2.19. The number of rotatable bonds is 6. The van der Waals surface area contributed by atoms with Gasteiger partial charge in [-0.3, -0.25) is 9.10 Å². The summed E-state index contributed by atoms with van der Waals surface area (Å²) >= 11 is 6.23. The maximum absolute atomic E-state index is 12.7. The molecule has 1 aromatic heterocycles. The third kappa shape index (κ3) is 4.75. The van der Waals surface area contributed by atoms with E-state index in [2.05, 4.69) is 10.1 Å². The van der Waals surface area contributed by atoms with Crippen LogP contribution in [0.1, 0.15) is 16.2 Å². The van der Waals surface area contributed by atoms with Crippen molar-refractivity contribution in [2.75, 3.05) is 24.7 Å². The standard InChI is InChI=1S/C19H19ClN4O4S/c1-23(12-17-21-18(22-28-17)13-7-5-4-6-8-13)19(25)15-10-9-14(11-16(15)20)24(2)29(3,26)27/h4-11H,12H2,1-3H3. The minimum atomic E-state index is -3.43. The summed E-state index contributed by atoms with van der Waals surface area (Å²) in [5.41, 5.74) is 1.41. The number of halogens is 1. The Bertz CT molecular complexity index is 1130. The van der Waals surface area contributed by atoms with Gasteiger partial charge in [0.1, 0.15) is 0 Å². The molecule has 0 saturated heterocycles. The summed E-state index contributed by atoms with van der Waals surface area (Å²) in [5, 5.41) is 4.07. The molecule has 2 aromatic carbocycles. The highest BCUT2D eigenvalue weighted by Crippen LogP contribution is 2.26. The molecule has 0 saturated carbocycles. The summed E-state index contributed by atoms with van der Waals surface area (Å²) in [4.78, 5) is 18.4. The van der Waals surface area contributed by atoms with Gasteiger partial charge in [-0.15, -0.1) is 0 Å². The van der Waals surface area contributed by atoms with Crippen LogP contribution >= 0.6 is 11.6 Å². The van der Waals surface area contributed by atoms with E-state index in [9.17, 15) is 13.2 Å². The van der Waals surface area contributed by atoms with Crippen LogP contribution in [0.4, 0.5) is 5.69 Å². The molecule has 0 bridgehead atoms. The van der Waals surface area contributed by atoms with Crippen molar-refractivity contribution < 1.29 is 17.7 Å². The van der Waals surface area contributed by atoms with Crippen LogP contribution in [0.25, 0.3) is 11.4 Å². The van der Waals surface area contributed by atoms with Crippen LogP contribution in [0.3, 0.4) is 0 Å². The molecule has 3 rings (SSSR count). The summed E-state index contributed by atoms with van der Waals surface area (Å²) < 4.78 is 29.6. The van der Waals surface area contributed by atoms with Crippen molar-refractivity contribution in [3.63, 3.8) is 0 Å². The van der Waals surface area contributed by atoms with E-state index in [-0.39, 0.29) is 28.9 Å². The molecule has 0 aliphatic rings. The molecule has 3 aromatic rings. The first-order valence-corrected chi connectivity index (χ1v) is 10.8. The van der Waals surface area contributed by atoms with E-state index in [1.165, 1.54) is 30.1 Å². The largest absolute Gasteiger partial charge is 0.337 e. The molecule has 0 atom stereocenters. The predicted molar refractivity (Wildman–Crippen MR) is 110 cm³/mol. The molecule has 0 N–H and O–H groups in total. The zero-order valence-corrected chi connectivity index (χ0v) is 17.6. The van der Waals surface area contributed by atoms with E-state index in [0.29, 0.717) is 11.5 Å². The molecular formula is C19H19ClN4O4S. The number of sulfonamides is 1. The Labute approximate surface area is 173 Å². The number of hydrogen-bond donors (Lipinski definition) is 0. The van der Waals surface area contributed by atoms with Crippen molar-refractivity contribution in [1.29, 1.82) is 0 Å². The van der Waals surface area contributed by atoms with E-state index in [4.69, 9.17) is 16.1 Å². The van der Waals surface area contributed by atoms with Crippen LogP contribution in [-0.2, 0) is 16.6 Å². The molecule has 0 aliphatic carbocycles. The molecule has 8 nitrogen and oxygen atoms in total. The first-order chi connectivity index (χ1) is 13.7. The second kappa shape index (κ2) is 8.22. The van der Waals surface area contributed by atoms with Gasteiger partial charge in [-0.1, -0.05) is 47.1 Å². The Balaban J connectivity index is 1.74. The van der Waals surface area contributed by atoms with Crippen molar-refractivity contribution in [3.8, 4) is 11.4 Å². The smallest absolute Gasteiger partial charge is 0.255 e. The average molecular weight is 435 g/mol. The minimum absolute atomic E-state index is 0.0972. The topological polar surface area (TPSA) is 96.6 Å². The predicted octanol–water partition coefficient (Wildman–Crippen LogP) is 3.06. The van der Waals surface area contributed by atoms with Crippen LogP contribution in [0.5, 0.6) is 0 Å². The van der Waals surface area contributed by atoms with Gasteiger partial charge in [-0.2, -0.15) is 4.98 Å². The first-order valence-electron chi connectivity index (χ1n) is 8.53. The lowest BCUT2D eigenvalue weighted by Crippen LogP contribution is -2.27. The maximum Gasteiger partial charge on any atom is 0.255 e. The molecule has 1 amide bonds. The van der Waals surface area contributed by atoms with Crippen molar-refractivity contribution in [2.24, 2.45) is 0 Å². The minimum Gasteiger partial charge on any atom is -0.337 e. The zero-order valence-electron chi connectivity index (χ0n) is 16.0. The number of amides is 1. The van der Waals surface area contributed by atoms with E-state index in [0.717, 1.165) is 16.1 Å². The highest BCUT2D eigenvalue weighted by atomic mass is 35.5. The van der Waals surface area contributed by atoms with E-state index >= 15 is 0 Å². The first kappa shape index (κ1) is 20.8. The fourth-order valence-electron chi connectivity index (χ4n) is 2.57. The molecule has 0 fully saturated rings. The molecular weight excluding hydrogens is 416 g/mol. The highest BCUT2D eigenvalue weighted by Gasteiger charge is 2.20. The van der Waals surface area contributed by atoms with Crippen molar-refractivity contribution >= 4 is 33.2 Å². The van der Waals surface area contributed by atoms with Crippen molar-refractivity contribution in [1.82, 2.24) is 15.0 Å². The lowest BCUT2D eigenvalue weighted by molar-refractivity contribution is 0.0770. The van der Waals surface area contributed by atoms with Crippen molar-refractivity contribution in [3.05, 3.63) is 65.0 Å². The van der Waals surface area contributed by atoms with Crippen LogP contribution in [-0.4, -0.2) is 49.7 Å². The Morgan fingerprint density at radius 3 is 2.45 bits per heavy atom. The van der Waals surface area contributed by atoms with Gasteiger partial charge in [0.15, 0.2) is 0 Å². The van der Waals surface area contributed by atoms with Gasteiger partial charge in [0.25, 0.3) is 5.91 Å². The molecule has 29 heavy (non-hydrogen) atoms. The lowest BCUT2D eigenvalue weighted by atomic mass is 10.2. The summed E-state index contributed by atoms with van der Waals surface area (Å²) in [6, 6.07) is 13.8. The third-order valence-electron chi connectivity index (χ3n) is 4.26. The maximum atomic E-state index is 12.7. The SMILES string of the molecule is CN(Cc1nc(-c2ccccc2)no1)C(=O)c1ccc(N(C)S(C)(=O)=O)cc1Cl. The third-order valence-corrected chi connectivity index (χ3v) is 5.78. The fraction of sp³-hybridized carbons (Fsp3) is 0.211.